The molecule has 2 amide bonds. The molecule has 0 bridgehead atoms. The lowest BCUT2D eigenvalue weighted by molar-refractivity contribution is -0.132. The van der Waals surface area contributed by atoms with Crippen LogP contribution in [0, 0.1) is 9.49 Å². The van der Waals surface area contributed by atoms with Gasteiger partial charge in [-0.2, -0.15) is 0 Å². The van der Waals surface area contributed by atoms with E-state index in [2.05, 4.69) is 36.4 Å². The average molecular weight is 474 g/mol. The van der Waals surface area contributed by atoms with E-state index < -0.39 is 0 Å². The molecule has 0 N–H and O–H groups in total. The first-order chi connectivity index (χ1) is 12.4. The van der Waals surface area contributed by atoms with Gasteiger partial charge in [0.2, 0.25) is 5.91 Å². The van der Waals surface area contributed by atoms with E-state index in [0.29, 0.717) is 55.6 Å². The number of hydrogen-bond donors (Lipinski definition) is 0. The minimum absolute atomic E-state index is 0.0374. The first-order valence-corrected chi connectivity index (χ1v) is 9.93. The second-order valence-electron chi connectivity index (χ2n) is 6.79. The van der Waals surface area contributed by atoms with Crippen LogP contribution in [-0.4, -0.2) is 62.0 Å². The van der Waals surface area contributed by atoms with Gasteiger partial charge in [-0.25, -0.2) is 0 Å². The maximum absolute atomic E-state index is 12.9. The van der Waals surface area contributed by atoms with E-state index in [1.54, 1.807) is 31.3 Å². The van der Waals surface area contributed by atoms with Gasteiger partial charge in [-0.3, -0.25) is 9.59 Å². The van der Waals surface area contributed by atoms with Gasteiger partial charge in [-0.1, -0.05) is 13.8 Å². The van der Waals surface area contributed by atoms with Crippen LogP contribution >= 0.6 is 22.6 Å². The quantitative estimate of drug-likeness (QED) is 0.595. The summed E-state index contributed by atoms with van der Waals surface area (Å²) in [6.45, 7) is 6.52. The number of methoxy groups -OCH3 is 2. The fourth-order valence-electron chi connectivity index (χ4n) is 2.92. The van der Waals surface area contributed by atoms with E-state index in [-0.39, 0.29) is 11.8 Å². The number of halogens is 1. The summed E-state index contributed by atoms with van der Waals surface area (Å²) in [6, 6.07) is 3.53. The van der Waals surface area contributed by atoms with Gasteiger partial charge in [0.05, 0.1) is 19.8 Å². The predicted molar refractivity (Wildman–Crippen MR) is 109 cm³/mol. The highest BCUT2D eigenvalue weighted by atomic mass is 127. The lowest BCUT2D eigenvalue weighted by Crippen LogP contribution is -2.50. The Morgan fingerprint density at radius 2 is 1.58 bits per heavy atom. The summed E-state index contributed by atoms with van der Waals surface area (Å²) in [4.78, 5) is 28.8. The van der Waals surface area contributed by atoms with E-state index >= 15 is 0 Å². The lowest BCUT2D eigenvalue weighted by atomic mass is 10.1. The third-order valence-corrected chi connectivity index (χ3v) is 5.45. The van der Waals surface area contributed by atoms with Gasteiger partial charge in [0.25, 0.3) is 5.91 Å². The van der Waals surface area contributed by atoms with E-state index in [9.17, 15) is 9.59 Å². The van der Waals surface area contributed by atoms with Gasteiger partial charge in [0, 0.05) is 36.2 Å². The number of hydrogen-bond acceptors (Lipinski definition) is 4. The molecule has 7 heteroatoms. The Morgan fingerprint density at radius 1 is 1.04 bits per heavy atom. The molecule has 0 unspecified atom stereocenters. The maximum atomic E-state index is 12.9. The largest absolute Gasteiger partial charge is 0.493 e. The Bertz CT molecular complexity index is 655. The first kappa shape index (κ1) is 20.8. The second-order valence-corrected chi connectivity index (χ2v) is 7.95. The molecular formula is C19H27IN2O4. The summed E-state index contributed by atoms with van der Waals surface area (Å²) in [5, 5.41) is 0. The lowest BCUT2D eigenvalue weighted by Gasteiger charge is -2.35. The summed E-state index contributed by atoms with van der Waals surface area (Å²) in [7, 11) is 3.13. The number of benzene rings is 1. The highest BCUT2D eigenvalue weighted by Gasteiger charge is 2.26. The Hall–Kier alpha value is -1.51. The Balaban J connectivity index is 2.01. The van der Waals surface area contributed by atoms with Crippen molar-refractivity contribution in [2.24, 2.45) is 5.92 Å². The highest BCUT2D eigenvalue weighted by molar-refractivity contribution is 14.1. The van der Waals surface area contributed by atoms with Crippen molar-refractivity contribution in [3.05, 3.63) is 21.3 Å². The molecule has 1 fully saturated rings. The molecule has 0 radical (unpaired) electrons. The summed E-state index contributed by atoms with van der Waals surface area (Å²) < 4.78 is 11.4. The molecule has 0 spiro atoms. The van der Waals surface area contributed by atoms with Crippen molar-refractivity contribution in [2.75, 3.05) is 40.4 Å². The van der Waals surface area contributed by atoms with Crippen molar-refractivity contribution in [2.45, 2.75) is 26.7 Å². The van der Waals surface area contributed by atoms with E-state index in [0.717, 1.165) is 9.99 Å². The molecule has 0 atom stereocenters. The van der Waals surface area contributed by atoms with E-state index in [1.807, 2.05) is 4.90 Å². The second kappa shape index (κ2) is 9.43. The number of rotatable bonds is 6. The summed E-state index contributed by atoms with van der Waals surface area (Å²) in [5.74, 6) is 1.82. The van der Waals surface area contributed by atoms with Crippen LogP contribution < -0.4 is 9.47 Å². The topological polar surface area (TPSA) is 59.1 Å². The number of carbonyl (C=O) groups excluding carboxylic acids is 2. The van der Waals surface area contributed by atoms with Crippen molar-refractivity contribution < 1.29 is 19.1 Å². The van der Waals surface area contributed by atoms with Crippen molar-refractivity contribution in [3.63, 3.8) is 0 Å². The maximum Gasteiger partial charge on any atom is 0.255 e. The van der Waals surface area contributed by atoms with Crippen LogP contribution in [0.25, 0.3) is 0 Å². The number of nitrogens with zero attached hydrogens (tertiary/aromatic N) is 2. The molecule has 1 heterocycles. The predicted octanol–water partition coefficient (Wildman–Crippen LogP) is 3.03. The standard InChI is InChI=1S/C19H27IN2O4/c1-13(2)5-6-18(23)21-7-9-22(10-8-21)19(24)14-11-16(25-3)17(26-4)12-15(14)20/h11-13H,5-10H2,1-4H3. The summed E-state index contributed by atoms with van der Waals surface area (Å²) in [5.41, 5.74) is 0.600. The zero-order chi connectivity index (χ0) is 19.3. The van der Waals surface area contributed by atoms with Crippen molar-refractivity contribution in [1.82, 2.24) is 9.80 Å². The number of carbonyl (C=O) groups is 2. The first-order valence-electron chi connectivity index (χ1n) is 8.86. The third kappa shape index (κ3) is 5.02. The molecule has 2 rings (SSSR count). The molecule has 1 aliphatic heterocycles. The SMILES string of the molecule is COc1cc(I)c(C(=O)N2CCN(C(=O)CCC(C)C)CC2)cc1OC. The van der Waals surface area contributed by atoms with Crippen LogP contribution in [0.3, 0.4) is 0 Å². The minimum atomic E-state index is -0.0374. The van der Waals surface area contributed by atoms with Gasteiger partial charge in [-0.05, 0) is 47.1 Å². The molecule has 1 aromatic carbocycles. The molecule has 1 aromatic rings. The van der Waals surface area contributed by atoms with Crippen LogP contribution in [0.15, 0.2) is 12.1 Å². The van der Waals surface area contributed by atoms with Crippen LogP contribution in [0.5, 0.6) is 11.5 Å². The molecule has 26 heavy (non-hydrogen) atoms. The molecular weight excluding hydrogens is 447 g/mol. The van der Waals surface area contributed by atoms with Gasteiger partial charge >= 0.3 is 0 Å². The van der Waals surface area contributed by atoms with Gasteiger partial charge < -0.3 is 19.3 Å². The van der Waals surface area contributed by atoms with E-state index in [1.165, 1.54) is 0 Å². The number of piperazine rings is 1. The monoisotopic (exact) mass is 474 g/mol. The van der Waals surface area contributed by atoms with Crippen LogP contribution in [-0.2, 0) is 4.79 Å². The molecule has 1 saturated heterocycles. The van der Waals surface area contributed by atoms with Gasteiger partial charge in [0.1, 0.15) is 0 Å². The van der Waals surface area contributed by atoms with Crippen LogP contribution in [0.1, 0.15) is 37.0 Å². The fraction of sp³-hybridized carbons (Fsp3) is 0.579. The van der Waals surface area contributed by atoms with Crippen molar-refractivity contribution in [3.8, 4) is 11.5 Å². The minimum Gasteiger partial charge on any atom is -0.493 e. The van der Waals surface area contributed by atoms with Gasteiger partial charge in [0.15, 0.2) is 11.5 Å². The number of ether oxygens (including phenoxy) is 2. The molecule has 0 aromatic heterocycles. The normalized spacial score (nSPS) is 14.5. The Labute approximate surface area is 169 Å². The molecule has 144 valence electrons. The molecule has 1 aliphatic rings. The summed E-state index contributed by atoms with van der Waals surface area (Å²) >= 11 is 2.14. The molecule has 6 nitrogen and oxygen atoms in total. The molecule has 0 saturated carbocycles. The third-order valence-electron chi connectivity index (χ3n) is 4.56. The Morgan fingerprint density at radius 3 is 2.12 bits per heavy atom. The van der Waals surface area contributed by atoms with Crippen LogP contribution in [0.4, 0.5) is 0 Å². The van der Waals surface area contributed by atoms with Gasteiger partial charge in [-0.15, -0.1) is 0 Å². The fourth-order valence-corrected chi connectivity index (χ4v) is 3.59. The van der Waals surface area contributed by atoms with Crippen LogP contribution in [0.2, 0.25) is 0 Å². The number of amides is 2. The Kier molecular flexibility index (Phi) is 7.55. The van der Waals surface area contributed by atoms with Crippen molar-refractivity contribution in [1.29, 1.82) is 0 Å². The highest BCUT2D eigenvalue weighted by Crippen LogP contribution is 2.32. The van der Waals surface area contributed by atoms with E-state index in [4.69, 9.17) is 9.47 Å². The molecule has 0 aliphatic carbocycles. The smallest absolute Gasteiger partial charge is 0.255 e. The average Bonchev–Trinajstić information content (AvgIpc) is 2.65. The zero-order valence-corrected chi connectivity index (χ0v) is 18.0. The van der Waals surface area contributed by atoms with Crippen molar-refractivity contribution >= 4 is 34.4 Å². The summed E-state index contributed by atoms with van der Waals surface area (Å²) in [6.07, 6.45) is 1.49. The zero-order valence-electron chi connectivity index (χ0n) is 15.9.